The lowest BCUT2D eigenvalue weighted by Crippen LogP contribution is -2.45. The van der Waals surface area contributed by atoms with Gasteiger partial charge in [0.25, 0.3) is 0 Å². The van der Waals surface area contributed by atoms with Gasteiger partial charge in [-0.2, -0.15) is 0 Å². The molecule has 0 aromatic carbocycles. The Morgan fingerprint density at radius 3 is 1.91 bits per heavy atom. The third-order valence-electron chi connectivity index (χ3n) is 2.54. The molecule has 22 heavy (non-hydrogen) atoms. The number of aliphatic carboxylic acids is 3. The molecule has 2 atom stereocenters. The van der Waals surface area contributed by atoms with Gasteiger partial charge in [0.05, 0.1) is 6.42 Å². The normalized spacial score (nSPS) is 12.8. The second-order valence-corrected chi connectivity index (χ2v) is 4.59. The maximum absolute atomic E-state index is 11.7. The molecule has 5 N–H and O–H groups in total. The van der Waals surface area contributed by atoms with E-state index in [-0.39, 0.29) is 6.42 Å². The summed E-state index contributed by atoms with van der Waals surface area (Å²) in [5, 5.41) is 30.5. The van der Waals surface area contributed by atoms with E-state index in [1.54, 1.807) is 0 Å². The van der Waals surface area contributed by atoms with E-state index in [0.29, 0.717) is 0 Å². The van der Waals surface area contributed by atoms with Crippen molar-refractivity contribution in [2.75, 3.05) is 0 Å². The van der Waals surface area contributed by atoms with Crippen LogP contribution in [-0.2, 0) is 24.0 Å². The Hall–Kier alpha value is -2.65. The monoisotopic (exact) mass is 318 g/mol. The highest BCUT2D eigenvalue weighted by molar-refractivity contribution is 5.85. The number of hydrogen-bond acceptors (Lipinski definition) is 5. The number of carbonyl (C=O) groups excluding carboxylic acids is 2. The molecule has 0 unspecified atom stereocenters. The number of carboxylic acids is 3. The predicted molar refractivity (Wildman–Crippen MR) is 70.9 cm³/mol. The maximum Gasteiger partial charge on any atom is 0.326 e. The molecule has 0 aromatic rings. The van der Waals surface area contributed by atoms with Crippen LogP contribution in [0.4, 0.5) is 0 Å². The van der Waals surface area contributed by atoms with Gasteiger partial charge in [0.1, 0.15) is 6.04 Å². The topological polar surface area (TPSA) is 170 Å². The van der Waals surface area contributed by atoms with E-state index < -0.39 is 61.1 Å². The van der Waals surface area contributed by atoms with E-state index >= 15 is 0 Å². The van der Waals surface area contributed by atoms with Crippen LogP contribution in [0, 0.1) is 0 Å². The summed E-state index contributed by atoms with van der Waals surface area (Å²) in [5.74, 6) is -5.16. The molecule has 10 nitrogen and oxygen atoms in total. The van der Waals surface area contributed by atoms with Crippen molar-refractivity contribution in [1.82, 2.24) is 10.6 Å². The quantitative estimate of drug-likeness (QED) is 0.334. The first kappa shape index (κ1) is 19.4. The Morgan fingerprint density at radius 1 is 0.909 bits per heavy atom. The summed E-state index contributed by atoms with van der Waals surface area (Å²) < 4.78 is 0. The maximum atomic E-state index is 11.7. The van der Waals surface area contributed by atoms with Crippen LogP contribution in [0.5, 0.6) is 0 Å². The molecule has 0 radical (unpaired) electrons. The van der Waals surface area contributed by atoms with Crippen molar-refractivity contribution in [1.29, 1.82) is 0 Å². The second kappa shape index (κ2) is 9.32. The van der Waals surface area contributed by atoms with Gasteiger partial charge in [0.2, 0.25) is 11.8 Å². The van der Waals surface area contributed by atoms with Crippen LogP contribution < -0.4 is 10.6 Å². The van der Waals surface area contributed by atoms with Crippen LogP contribution in [0.2, 0.25) is 0 Å². The molecule has 0 spiro atoms. The van der Waals surface area contributed by atoms with Gasteiger partial charge < -0.3 is 26.0 Å². The van der Waals surface area contributed by atoms with Crippen molar-refractivity contribution in [3.63, 3.8) is 0 Å². The van der Waals surface area contributed by atoms with Crippen LogP contribution in [0.3, 0.4) is 0 Å². The first-order valence-corrected chi connectivity index (χ1v) is 6.34. The number of nitrogens with one attached hydrogen (secondary N) is 2. The second-order valence-electron chi connectivity index (χ2n) is 4.59. The molecule has 0 fully saturated rings. The molecule has 0 aliphatic carbocycles. The van der Waals surface area contributed by atoms with E-state index in [9.17, 15) is 24.0 Å². The van der Waals surface area contributed by atoms with Gasteiger partial charge in [-0.25, -0.2) is 4.79 Å². The van der Waals surface area contributed by atoms with Crippen molar-refractivity contribution in [2.45, 2.75) is 44.7 Å². The fourth-order valence-electron chi connectivity index (χ4n) is 1.67. The summed E-state index contributed by atoms with van der Waals surface area (Å²) in [6.07, 6.45) is -1.68. The van der Waals surface area contributed by atoms with Crippen LogP contribution in [0.25, 0.3) is 0 Å². The van der Waals surface area contributed by atoms with Gasteiger partial charge >= 0.3 is 17.9 Å². The third kappa shape index (κ3) is 9.28. The lowest BCUT2D eigenvalue weighted by molar-refractivity contribution is -0.144. The summed E-state index contributed by atoms with van der Waals surface area (Å²) in [5.41, 5.74) is 0. The Balaban J connectivity index is 4.62. The van der Waals surface area contributed by atoms with Crippen LogP contribution in [0.15, 0.2) is 0 Å². The zero-order valence-electron chi connectivity index (χ0n) is 11.9. The molecular formula is C12H18N2O8. The fourth-order valence-corrected chi connectivity index (χ4v) is 1.67. The molecule has 124 valence electrons. The Labute approximate surface area is 125 Å². The molecule has 0 rings (SSSR count). The minimum atomic E-state index is -1.40. The first-order valence-electron chi connectivity index (χ1n) is 6.34. The molecule has 0 bridgehead atoms. The molecule has 0 heterocycles. The van der Waals surface area contributed by atoms with Gasteiger partial charge in [0, 0.05) is 25.8 Å². The van der Waals surface area contributed by atoms with Crippen molar-refractivity contribution < 1.29 is 39.3 Å². The first-order chi connectivity index (χ1) is 10.1. The van der Waals surface area contributed by atoms with Crippen LogP contribution in [-0.4, -0.2) is 57.1 Å². The molecular weight excluding hydrogens is 300 g/mol. The average Bonchev–Trinajstić information content (AvgIpc) is 2.31. The van der Waals surface area contributed by atoms with Gasteiger partial charge in [-0.15, -0.1) is 0 Å². The van der Waals surface area contributed by atoms with E-state index in [0.717, 1.165) is 6.92 Å². The highest BCUT2D eigenvalue weighted by Gasteiger charge is 2.24. The van der Waals surface area contributed by atoms with Crippen molar-refractivity contribution in [3.8, 4) is 0 Å². The number of carboxylic acid groups (broad SMARTS) is 3. The molecule has 0 aromatic heterocycles. The minimum absolute atomic E-state index is 0.305. The zero-order valence-corrected chi connectivity index (χ0v) is 11.9. The Morgan fingerprint density at radius 2 is 1.50 bits per heavy atom. The van der Waals surface area contributed by atoms with E-state index in [1.165, 1.54) is 0 Å². The average molecular weight is 318 g/mol. The van der Waals surface area contributed by atoms with Crippen molar-refractivity contribution in [2.24, 2.45) is 0 Å². The lowest BCUT2D eigenvalue weighted by Gasteiger charge is -2.18. The molecule has 0 saturated carbocycles. The van der Waals surface area contributed by atoms with E-state index in [4.69, 9.17) is 15.3 Å². The number of rotatable bonds is 10. The molecule has 10 heteroatoms. The van der Waals surface area contributed by atoms with Gasteiger partial charge in [-0.1, -0.05) is 0 Å². The standard InChI is InChI=1S/C12H18N2O8/c1-6(15)13-7(5-11(19)20)4-9(16)14-8(12(21)22)2-3-10(17)18/h7-8H,2-5H2,1H3,(H,13,15)(H,14,16)(H,17,18)(H,19,20)(H,21,22)/t7-,8-/m0/s1. The summed E-state index contributed by atoms with van der Waals surface area (Å²) in [4.78, 5) is 54.6. The molecule has 0 aliphatic rings. The summed E-state index contributed by atoms with van der Waals surface area (Å²) in [6, 6.07) is -2.38. The van der Waals surface area contributed by atoms with Crippen molar-refractivity contribution in [3.05, 3.63) is 0 Å². The SMILES string of the molecule is CC(=O)N[C@H](CC(=O)O)CC(=O)N[C@@H](CCC(=O)O)C(=O)O. The highest BCUT2D eigenvalue weighted by Crippen LogP contribution is 2.03. The fraction of sp³-hybridized carbons (Fsp3) is 0.583. The third-order valence-corrected chi connectivity index (χ3v) is 2.54. The Kier molecular flexibility index (Phi) is 8.19. The lowest BCUT2D eigenvalue weighted by atomic mass is 10.1. The summed E-state index contributed by atoms with van der Waals surface area (Å²) in [7, 11) is 0. The number of carbonyl (C=O) groups is 5. The molecule has 0 aliphatic heterocycles. The van der Waals surface area contributed by atoms with Gasteiger partial charge in [-0.3, -0.25) is 19.2 Å². The van der Waals surface area contributed by atoms with Crippen LogP contribution in [0.1, 0.15) is 32.6 Å². The van der Waals surface area contributed by atoms with Crippen LogP contribution >= 0.6 is 0 Å². The summed E-state index contributed by atoms with van der Waals surface area (Å²) >= 11 is 0. The molecule has 0 saturated heterocycles. The minimum Gasteiger partial charge on any atom is -0.481 e. The number of amides is 2. The zero-order chi connectivity index (χ0) is 17.3. The van der Waals surface area contributed by atoms with Gasteiger partial charge in [0.15, 0.2) is 0 Å². The van der Waals surface area contributed by atoms with E-state index in [1.807, 2.05) is 0 Å². The Bertz CT molecular complexity index is 446. The highest BCUT2D eigenvalue weighted by atomic mass is 16.4. The number of hydrogen-bond donors (Lipinski definition) is 5. The largest absolute Gasteiger partial charge is 0.481 e. The summed E-state index contributed by atoms with van der Waals surface area (Å²) in [6.45, 7) is 1.15. The van der Waals surface area contributed by atoms with E-state index in [2.05, 4.69) is 10.6 Å². The molecule has 2 amide bonds. The predicted octanol–water partition coefficient (Wildman–Crippen LogP) is -1.21. The smallest absolute Gasteiger partial charge is 0.326 e. The van der Waals surface area contributed by atoms with Crippen molar-refractivity contribution >= 4 is 29.7 Å². The van der Waals surface area contributed by atoms with Gasteiger partial charge in [-0.05, 0) is 6.42 Å².